The number of halogens is 2. The lowest BCUT2D eigenvalue weighted by Gasteiger charge is -2.13. The summed E-state index contributed by atoms with van der Waals surface area (Å²) in [6.07, 6.45) is 1.52. The van der Waals surface area contributed by atoms with E-state index in [0.717, 1.165) is 15.4 Å². The Bertz CT molecular complexity index is 1440. The van der Waals surface area contributed by atoms with E-state index in [9.17, 15) is 24.0 Å². The van der Waals surface area contributed by atoms with Gasteiger partial charge in [-0.3, -0.25) is 19.3 Å². The lowest BCUT2D eigenvalue weighted by atomic mass is 10.1. The van der Waals surface area contributed by atoms with Crippen LogP contribution in [0.25, 0.3) is 6.08 Å². The predicted octanol–water partition coefficient (Wildman–Crippen LogP) is 5.71. The first-order valence-electron chi connectivity index (χ1n) is 10.5. The molecule has 0 aliphatic carbocycles. The van der Waals surface area contributed by atoms with Gasteiger partial charge in [0, 0.05) is 21.3 Å². The predicted molar refractivity (Wildman–Crippen MR) is 137 cm³/mol. The fraction of sp³-hybridized carbons (Fsp3) is 0.0769. The highest BCUT2D eigenvalue weighted by molar-refractivity contribution is 9.10. The summed E-state index contributed by atoms with van der Waals surface area (Å²) in [7, 11) is 0. The van der Waals surface area contributed by atoms with Crippen molar-refractivity contribution in [1.29, 1.82) is 5.26 Å². The number of thioether (sulfide) groups is 1. The second-order valence-electron chi connectivity index (χ2n) is 7.57. The number of hydrogen-bond acceptors (Lipinski definition) is 6. The van der Waals surface area contributed by atoms with Crippen molar-refractivity contribution in [2.45, 2.75) is 6.61 Å². The summed E-state index contributed by atoms with van der Waals surface area (Å²) < 4.78 is 20.0. The quantitative estimate of drug-likeness (QED) is 0.368. The summed E-state index contributed by atoms with van der Waals surface area (Å²) in [6, 6.07) is 19.7. The van der Waals surface area contributed by atoms with Gasteiger partial charge in [-0.1, -0.05) is 40.2 Å². The van der Waals surface area contributed by atoms with Gasteiger partial charge in [0.05, 0.1) is 16.5 Å². The summed E-state index contributed by atoms with van der Waals surface area (Å²) in [5.74, 6) is -1.33. The lowest BCUT2D eigenvalue weighted by molar-refractivity contribution is -0.127. The Kier molecular flexibility index (Phi) is 7.83. The number of carbonyl (C=O) groups excluding carboxylic acids is 3. The molecular weight excluding hydrogens is 549 g/mol. The van der Waals surface area contributed by atoms with Crippen LogP contribution in [0.2, 0.25) is 0 Å². The number of anilines is 1. The maximum atomic E-state index is 13.3. The van der Waals surface area contributed by atoms with Crippen LogP contribution in [-0.2, 0) is 16.2 Å². The number of amides is 3. The minimum atomic E-state index is -0.633. The highest BCUT2D eigenvalue weighted by atomic mass is 79.9. The van der Waals surface area contributed by atoms with E-state index in [2.05, 4.69) is 27.3 Å². The first-order chi connectivity index (χ1) is 17.3. The van der Waals surface area contributed by atoms with Crippen molar-refractivity contribution in [1.82, 2.24) is 4.90 Å². The summed E-state index contributed by atoms with van der Waals surface area (Å²) in [4.78, 5) is 38.7. The van der Waals surface area contributed by atoms with Crippen LogP contribution in [-0.4, -0.2) is 28.5 Å². The van der Waals surface area contributed by atoms with Crippen LogP contribution in [0.15, 0.2) is 76.1 Å². The third-order valence-corrected chi connectivity index (χ3v) is 6.46. The highest BCUT2D eigenvalue weighted by Crippen LogP contribution is 2.35. The molecule has 0 bridgehead atoms. The van der Waals surface area contributed by atoms with E-state index < -0.39 is 29.4 Å². The summed E-state index contributed by atoms with van der Waals surface area (Å²) >= 11 is 4.10. The average Bonchev–Trinajstić information content (AvgIpc) is 3.11. The van der Waals surface area contributed by atoms with E-state index in [-0.39, 0.29) is 17.2 Å². The van der Waals surface area contributed by atoms with Crippen molar-refractivity contribution in [2.75, 3.05) is 11.9 Å². The topological polar surface area (TPSA) is 99.5 Å². The SMILES string of the molecule is N#Cc1ccccc1COc1ccc(Br)cc1/C=C1/SC(=O)N(CC(=O)Nc2cccc(F)c2)C1=O. The molecule has 1 aliphatic rings. The molecule has 0 aromatic heterocycles. The second-order valence-corrected chi connectivity index (χ2v) is 9.48. The van der Waals surface area contributed by atoms with E-state index in [1.165, 1.54) is 24.3 Å². The van der Waals surface area contributed by atoms with Crippen molar-refractivity contribution >= 4 is 56.5 Å². The monoisotopic (exact) mass is 565 g/mol. The standard InChI is InChI=1S/C26H17BrFN3O4S/c27-19-8-9-22(35-15-17-5-2-1-4-16(17)13-29)18(10-19)11-23-25(33)31(26(34)36-23)14-24(32)30-21-7-3-6-20(28)12-21/h1-12H,14-15H2,(H,30,32)/b23-11+. The Hall–Kier alpha value is -3.94. The van der Waals surface area contributed by atoms with Crippen LogP contribution in [0.5, 0.6) is 5.75 Å². The molecule has 1 fully saturated rings. The van der Waals surface area contributed by atoms with Gasteiger partial charge in [-0.15, -0.1) is 0 Å². The van der Waals surface area contributed by atoms with Crippen LogP contribution in [0.3, 0.4) is 0 Å². The first-order valence-corrected chi connectivity index (χ1v) is 12.2. The summed E-state index contributed by atoms with van der Waals surface area (Å²) in [6.45, 7) is -0.376. The molecule has 0 atom stereocenters. The fourth-order valence-corrected chi connectivity index (χ4v) is 4.57. The number of nitrogens with one attached hydrogen (secondary N) is 1. The number of benzene rings is 3. The molecule has 0 unspecified atom stereocenters. The van der Waals surface area contributed by atoms with Crippen molar-refractivity contribution in [3.63, 3.8) is 0 Å². The van der Waals surface area contributed by atoms with Crippen LogP contribution >= 0.6 is 27.7 Å². The van der Waals surface area contributed by atoms with Gasteiger partial charge >= 0.3 is 0 Å². The molecule has 0 saturated carbocycles. The van der Waals surface area contributed by atoms with Gasteiger partial charge in [-0.05, 0) is 60.3 Å². The maximum Gasteiger partial charge on any atom is 0.294 e. The third-order valence-electron chi connectivity index (χ3n) is 5.06. The number of rotatable bonds is 7. The van der Waals surface area contributed by atoms with E-state index >= 15 is 0 Å². The maximum absolute atomic E-state index is 13.3. The Labute approximate surface area is 218 Å². The molecule has 3 aromatic rings. The van der Waals surface area contributed by atoms with E-state index in [0.29, 0.717) is 34.2 Å². The van der Waals surface area contributed by atoms with E-state index in [4.69, 9.17) is 4.74 Å². The molecule has 36 heavy (non-hydrogen) atoms. The Balaban J connectivity index is 1.50. The van der Waals surface area contributed by atoms with E-state index in [1.54, 1.807) is 36.4 Å². The summed E-state index contributed by atoms with van der Waals surface area (Å²) in [5, 5.41) is 11.2. The molecule has 1 saturated heterocycles. The molecule has 180 valence electrons. The minimum absolute atomic E-state index is 0.124. The first kappa shape index (κ1) is 25.2. The molecular formula is C26H17BrFN3O4S. The molecule has 4 rings (SSSR count). The molecule has 10 heteroatoms. The Morgan fingerprint density at radius 3 is 2.72 bits per heavy atom. The minimum Gasteiger partial charge on any atom is -0.488 e. The molecule has 3 amide bonds. The number of imide groups is 1. The molecule has 3 aromatic carbocycles. The van der Waals surface area contributed by atoms with Gasteiger partial charge in [0.15, 0.2) is 0 Å². The number of carbonyl (C=O) groups is 3. The smallest absolute Gasteiger partial charge is 0.294 e. The van der Waals surface area contributed by atoms with Crippen molar-refractivity contribution in [3.05, 3.63) is 98.6 Å². The Morgan fingerprint density at radius 2 is 1.94 bits per heavy atom. The highest BCUT2D eigenvalue weighted by Gasteiger charge is 2.36. The molecule has 1 N–H and O–H groups in total. The van der Waals surface area contributed by atoms with Crippen LogP contribution in [0.1, 0.15) is 16.7 Å². The summed E-state index contributed by atoms with van der Waals surface area (Å²) in [5.41, 5.74) is 1.96. The van der Waals surface area contributed by atoms with E-state index in [1.807, 2.05) is 6.07 Å². The van der Waals surface area contributed by atoms with Crippen LogP contribution in [0, 0.1) is 17.1 Å². The van der Waals surface area contributed by atoms with Gasteiger partial charge in [0.1, 0.15) is 24.7 Å². The van der Waals surface area contributed by atoms with Gasteiger partial charge < -0.3 is 10.1 Å². The zero-order valence-corrected chi connectivity index (χ0v) is 20.9. The lowest BCUT2D eigenvalue weighted by Crippen LogP contribution is -2.36. The van der Waals surface area contributed by atoms with Crippen molar-refractivity contribution in [3.8, 4) is 11.8 Å². The second kappa shape index (κ2) is 11.2. The van der Waals surface area contributed by atoms with Crippen molar-refractivity contribution < 1.29 is 23.5 Å². The molecule has 7 nitrogen and oxygen atoms in total. The zero-order valence-electron chi connectivity index (χ0n) is 18.5. The molecule has 0 radical (unpaired) electrons. The third kappa shape index (κ3) is 6.00. The normalized spacial score (nSPS) is 14.1. The number of nitrogens with zero attached hydrogens (tertiary/aromatic N) is 2. The molecule has 0 spiro atoms. The number of ether oxygens (including phenoxy) is 1. The van der Waals surface area contributed by atoms with Crippen LogP contribution < -0.4 is 10.1 Å². The number of nitriles is 1. The fourth-order valence-electron chi connectivity index (χ4n) is 3.36. The number of hydrogen-bond donors (Lipinski definition) is 1. The van der Waals surface area contributed by atoms with Gasteiger partial charge in [0.2, 0.25) is 5.91 Å². The Morgan fingerprint density at radius 1 is 1.14 bits per heavy atom. The largest absolute Gasteiger partial charge is 0.488 e. The zero-order chi connectivity index (χ0) is 25.7. The van der Waals surface area contributed by atoms with Gasteiger partial charge in [0.25, 0.3) is 11.1 Å². The molecule has 1 aliphatic heterocycles. The van der Waals surface area contributed by atoms with Gasteiger partial charge in [-0.2, -0.15) is 5.26 Å². The van der Waals surface area contributed by atoms with Crippen LogP contribution in [0.4, 0.5) is 14.9 Å². The van der Waals surface area contributed by atoms with Gasteiger partial charge in [-0.25, -0.2) is 4.39 Å². The van der Waals surface area contributed by atoms with Crippen molar-refractivity contribution in [2.24, 2.45) is 0 Å². The molecule has 1 heterocycles. The average molecular weight is 566 g/mol.